The number of amides is 1. The molecule has 1 saturated heterocycles. The Kier molecular flexibility index (Phi) is 7.38. The zero-order valence-electron chi connectivity index (χ0n) is 16.1. The molecule has 150 valence electrons. The lowest BCUT2D eigenvalue weighted by Crippen LogP contribution is -2.41. The normalized spacial score (nSPS) is 19.3. The van der Waals surface area contributed by atoms with E-state index >= 15 is 0 Å². The van der Waals surface area contributed by atoms with Crippen LogP contribution in [0.3, 0.4) is 0 Å². The predicted octanol–water partition coefficient (Wildman–Crippen LogP) is 2.32. The van der Waals surface area contributed by atoms with Gasteiger partial charge >= 0.3 is 5.97 Å². The van der Waals surface area contributed by atoms with Crippen LogP contribution >= 0.6 is 0 Å². The molecule has 1 amide bonds. The Hall–Kier alpha value is -1.93. The number of benzene rings is 1. The Bertz CT molecular complexity index is 778. The quantitative estimate of drug-likeness (QED) is 0.714. The van der Waals surface area contributed by atoms with E-state index in [0.29, 0.717) is 6.54 Å². The van der Waals surface area contributed by atoms with Crippen molar-refractivity contribution in [1.82, 2.24) is 9.62 Å². The summed E-state index contributed by atoms with van der Waals surface area (Å²) in [6.07, 6.45) is 3.44. The summed E-state index contributed by atoms with van der Waals surface area (Å²) < 4.78 is 32.3. The van der Waals surface area contributed by atoms with Gasteiger partial charge in [-0.05, 0) is 51.3 Å². The highest BCUT2D eigenvalue weighted by molar-refractivity contribution is 7.89. The van der Waals surface area contributed by atoms with Crippen LogP contribution in [-0.4, -0.2) is 49.8 Å². The standard InChI is InChI=1S/C19H28N2O5S/c1-4-14(2)20-18(22)13-26-19(23)16-9-7-10-17(12-16)27(24,25)21-11-6-5-8-15(21)3/h7,9-10,12,14-15H,4-6,8,11,13H2,1-3H3,(H,20,22)/t14-,15-/m0/s1. The van der Waals surface area contributed by atoms with Crippen molar-refractivity contribution < 1.29 is 22.7 Å². The Morgan fingerprint density at radius 1 is 1.33 bits per heavy atom. The predicted molar refractivity (Wildman–Crippen MR) is 102 cm³/mol. The molecule has 1 aliphatic heterocycles. The van der Waals surface area contributed by atoms with Gasteiger partial charge in [0.2, 0.25) is 10.0 Å². The van der Waals surface area contributed by atoms with E-state index in [0.717, 1.165) is 25.7 Å². The third-order valence-corrected chi connectivity index (χ3v) is 6.78. The van der Waals surface area contributed by atoms with E-state index in [9.17, 15) is 18.0 Å². The molecule has 0 spiro atoms. The van der Waals surface area contributed by atoms with Crippen LogP contribution in [0.25, 0.3) is 0 Å². The number of piperidine rings is 1. The molecule has 0 saturated carbocycles. The van der Waals surface area contributed by atoms with Crippen LogP contribution < -0.4 is 5.32 Å². The maximum atomic E-state index is 12.9. The van der Waals surface area contributed by atoms with Gasteiger partial charge in [-0.15, -0.1) is 0 Å². The van der Waals surface area contributed by atoms with Crippen molar-refractivity contribution in [2.45, 2.75) is 63.4 Å². The molecule has 2 rings (SSSR count). The topological polar surface area (TPSA) is 92.8 Å². The number of carbonyl (C=O) groups is 2. The van der Waals surface area contributed by atoms with Crippen molar-refractivity contribution in [2.24, 2.45) is 0 Å². The number of carbonyl (C=O) groups excluding carboxylic acids is 2. The molecule has 8 heteroatoms. The smallest absolute Gasteiger partial charge is 0.338 e. The zero-order valence-corrected chi connectivity index (χ0v) is 16.9. The highest BCUT2D eigenvalue weighted by atomic mass is 32.2. The Morgan fingerprint density at radius 3 is 2.74 bits per heavy atom. The van der Waals surface area contributed by atoms with Gasteiger partial charge in [-0.3, -0.25) is 4.79 Å². The largest absolute Gasteiger partial charge is 0.452 e. The van der Waals surface area contributed by atoms with Crippen LogP contribution in [0.15, 0.2) is 29.2 Å². The number of rotatable bonds is 7. The van der Waals surface area contributed by atoms with Gasteiger partial charge in [0.15, 0.2) is 6.61 Å². The molecule has 0 aliphatic carbocycles. The molecule has 1 heterocycles. The van der Waals surface area contributed by atoms with E-state index in [1.807, 2.05) is 20.8 Å². The first-order valence-corrected chi connectivity index (χ1v) is 10.8. The van der Waals surface area contributed by atoms with Crippen LogP contribution in [0, 0.1) is 0 Å². The van der Waals surface area contributed by atoms with Crippen molar-refractivity contribution >= 4 is 21.9 Å². The summed E-state index contributed by atoms with van der Waals surface area (Å²) >= 11 is 0. The fourth-order valence-electron chi connectivity index (χ4n) is 2.98. The van der Waals surface area contributed by atoms with Gasteiger partial charge in [0.25, 0.3) is 5.91 Å². The number of ether oxygens (including phenoxy) is 1. The molecule has 1 aromatic carbocycles. The zero-order chi connectivity index (χ0) is 20.0. The van der Waals surface area contributed by atoms with Crippen molar-refractivity contribution in [3.05, 3.63) is 29.8 Å². The monoisotopic (exact) mass is 396 g/mol. The van der Waals surface area contributed by atoms with Crippen LogP contribution in [0.2, 0.25) is 0 Å². The average Bonchev–Trinajstić information content (AvgIpc) is 2.66. The Labute approximate surface area is 161 Å². The minimum Gasteiger partial charge on any atom is -0.452 e. The third kappa shape index (κ3) is 5.52. The summed E-state index contributed by atoms with van der Waals surface area (Å²) in [6, 6.07) is 5.71. The highest BCUT2D eigenvalue weighted by Crippen LogP contribution is 2.25. The summed E-state index contributed by atoms with van der Waals surface area (Å²) in [4.78, 5) is 24.0. The fraction of sp³-hybridized carbons (Fsp3) is 0.579. The van der Waals surface area contributed by atoms with E-state index in [2.05, 4.69) is 5.32 Å². The SMILES string of the molecule is CC[C@H](C)NC(=O)COC(=O)c1cccc(S(=O)(=O)N2CCCC[C@@H]2C)c1. The first kappa shape index (κ1) is 21.4. The molecule has 27 heavy (non-hydrogen) atoms. The molecule has 1 N–H and O–H groups in total. The van der Waals surface area contributed by atoms with E-state index < -0.39 is 22.6 Å². The summed E-state index contributed by atoms with van der Waals surface area (Å²) in [5.74, 6) is -1.11. The minimum absolute atomic E-state index is 0.00351. The van der Waals surface area contributed by atoms with E-state index in [1.165, 1.54) is 28.6 Å². The van der Waals surface area contributed by atoms with Gasteiger partial charge in [0.1, 0.15) is 0 Å². The minimum atomic E-state index is -3.67. The molecular weight excluding hydrogens is 368 g/mol. The van der Waals surface area contributed by atoms with Crippen molar-refractivity contribution in [2.75, 3.05) is 13.2 Å². The number of nitrogens with one attached hydrogen (secondary N) is 1. The molecule has 0 unspecified atom stereocenters. The second-order valence-electron chi connectivity index (χ2n) is 6.94. The lowest BCUT2D eigenvalue weighted by molar-refractivity contribution is -0.124. The van der Waals surface area contributed by atoms with Crippen LogP contribution in [0.4, 0.5) is 0 Å². The van der Waals surface area contributed by atoms with E-state index in [-0.39, 0.29) is 28.4 Å². The first-order chi connectivity index (χ1) is 12.8. The molecule has 1 aliphatic rings. The molecule has 0 bridgehead atoms. The van der Waals surface area contributed by atoms with E-state index in [1.54, 1.807) is 0 Å². The van der Waals surface area contributed by atoms with Gasteiger partial charge in [-0.1, -0.05) is 19.4 Å². The lowest BCUT2D eigenvalue weighted by Gasteiger charge is -2.32. The Morgan fingerprint density at radius 2 is 2.07 bits per heavy atom. The summed E-state index contributed by atoms with van der Waals surface area (Å²) in [5.41, 5.74) is 0.108. The molecule has 0 aromatic heterocycles. The van der Waals surface area contributed by atoms with Gasteiger partial charge in [0, 0.05) is 18.6 Å². The number of hydrogen-bond donors (Lipinski definition) is 1. The molecule has 1 aromatic rings. The summed E-state index contributed by atoms with van der Waals surface area (Å²) in [5, 5.41) is 2.70. The van der Waals surface area contributed by atoms with Crippen LogP contribution in [0.1, 0.15) is 56.8 Å². The van der Waals surface area contributed by atoms with Crippen molar-refractivity contribution in [3.63, 3.8) is 0 Å². The molecule has 7 nitrogen and oxygen atoms in total. The summed E-state index contributed by atoms with van der Waals surface area (Å²) in [6.45, 7) is 5.77. The van der Waals surface area contributed by atoms with Crippen molar-refractivity contribution in [3.8, 4) is 0 Å². The van der Waals surface area contributed by atoms with Gasteiger partial charge in [0.05, 0.1) is 10.5 Å². The van der Waals surface area contributed by atoms with Gasteiger partial charge in [-0.25, -0.2) is 13.2 Å². The number of esters is 1. The number of sulfonamides is 1. The summed E-state index contributed by atoms with van der Waals surface area (Å²) in [7, 11) is -3.67. The van der Waals surface area contributed by atoms with E-state index in [4.69, 9.17) is 4.74 Å². The number of hydrogen-bond acceptors (Lipinski definition) is 5. The number of nitrogens with zero attached hydrogens (tertiary/aromatic N) is 1. The maximum Gasteiger partial charge on any atom is 0.338 e. The molecule has 0 radical (unpaired) electrons. The second kappa shape index (κ2) is 9.32. The third-order valence-electron chi connectivity index (χ3n) is 4.77. The average molecular weight is 397 g/mol. The second-order valence-corrected chi connectivity index (χ2v) is 8.83. The molecule has 2 atom stereocenters. The fourth-order valence-corrected chi connectivity index (χ4v) is 4.73. The Balaban J connectivity index is 2.08. The first-order valence-electron chi connectivity index (χ1n) is 9.34. The van der Waals surface area contributed by atoms with Crippen LogP contribution in [-0.2, 0) is 19.6 Å². The van der Waals surface area contributed by atoms with Crippen molar-refractivity contribution in [1.29, 1.82) is 0 Å². The highest BCUT2D eigenvalue weighted by Gasteiger charge is 2.31. The lowest BCUT2D eigenvalue weighted by atomic mass is 10.1. The molecular formula is C19H28N2O5S. The molecule has 1 fully saturated rings. The van der Waals surface area contributed by atoms with Crippen LogP contribution in [0.5, 0.6) is 0 Å². The van der Waals surface area contributed by atoms with Gasteiger partial charge < -0.3 is 10.1 Å². The maximum absolute atomic E-state index is 12.9. The van der Waals surface area contributed by atoms with Gasteiger partial charge in [-0.2, -0.15) is 4.31 Å².